The van der Waals surface area contributed by atoms with E-state index in [9.17, 15) is 4.79 Å². The number of amides is 1. The minimum atomic E-state index is -0.369. The number of aromatic nitrogens is 3. The largest absolute Gasteiger partial charge is 0.382 e. The number of nitrogen functional groups attached to an aromatic ring is 1. The van der Waals surface area contributed by atoms with E-state index >= 15 is 0 Å². The van der Waals surface area contributed by atoms with Gasteiger partial charge in [0.25, 0.3) is 5.91 Å². The topological polar surface area (TPSA) is 93.8 Å². The zero-order valence-electron chi connectivity index (χ0n) is 8.29. The van der Waals surface area contributed by atoms with Gasteiger partial charge in [-0.3, -0.25) is 4.79 Å². The molecule has 6 nitrogen and oxygen atoms in total. The highest BCUT2D eigenvalue weighted by molar-refractivity contribution is 6.02. The lowest BCUT2D eigenvalue weighted by Gasteiger charge is -2.02. The van der Waals surface area contributed by atoms with Crippen molar-refractivity contribution < 1.29 is 4.79 Å². The summed E-state index contributed by atoms with van der Waals surface area (Å²) < 4.78 is 0. The van der Waals surface area contributed by atoms with Crippen molar-refractivity contribution in [3.8, 4) is 0 Å². The Kier molecular flexibility index (Phi) is 2.73. The molecule has 2 heterocycles. The molecule has 2 aromatic heterocycles. The van der Waals surface area contributed by atoms with Crippen LogP contribution >= 0.6 is 0 Å². The van der Waals surface area contributed by atoms with Crippen molar-refractivity contribution in [1.82, 2.24) is 15.0 Å². The molecule has 2 rings (SSSR count). The number of carbonyl (C=O) groups is 1. The van der Waals surface area contributed by atoms with Gasteiger partial charge < -0.3 is 11.1 Å². The number of rotatable bonds is 2. The zero-order chi connectivity index (χ0) is 11.4. The highest BCUT2D eigenvalue weighted by atomic mass is 16.1. The quantitative estimate of drug-likeness (QED) is 0.769. The molecule has 0 saturated carbocycles. The maximum absolute atomic E-state index is 11.6. The monoisotopic (exact) mass is 215 g/mol. The molecule has 1 amide bonds. The lowest BCUT2D eigenvalue weighted by atomic mass is 10.4. The van der Waals surface area contributed by atoms with Crippen LogP contribution in [0.3, 0.4) is 0 Å². The van der Waals surface area contributed by atoms with Gasteiger partial charge in [0.05, 0.1) is 12.4 Å². The van der Waals surface area contributed by atoms with Crippen LogP contribution in [0.15, 0.2) is 36.8 Å². The summed E-state index contributed by atoms with van der Waals surface area (Å²) >= 11 is 0. The third-order valence-corrected chi connectivity index (χ3v) is 1.81. The van der Waals surface area contributed by atoms with Crippen LogP contribution in [-0.4, -0.2) is 20.9 Å². The van der Waals surface area contributed by atoms with Crippen molar-refractivity contribution >= 4 is 17.5 Å². The molecule has 0 saturated heterocycles. The Morgan fingerprint density at radius 3 is 2.69 bits per heavy atom. The van der Waals surface area contributed by atoms with Crippen molar-refractivity contribution in [3.63, 3.8) is 0 Å². The summed E-state index contributed by atoms with van der Waals surface area (Å²) in [6, 6.07) is 5.22. The van der Waals surface area contributed by atoms with Crippen molar-refractivity contribution in [3.05, 3.63) is 42.5 Å². The first-order chi connectivity index (χ1) is 7.75. The molecule has 6 heteroatoms. The van der Waals surface area contributed by atoms with Crippen LogP contribution in [0.4, 0.5) is 11.6 Å². The van der Waals surface area contributed by atoms with Crippen molar-refractivity contribution in [1.29, 1.82) is 0 Å². The van der Waals surface area contributed by atoms with E-state index < -0.39 is 0 Å². The predicted molar refractivity (Wildman–Crippen MR) is 58.6 cm³/mol. The second-order valence-electron chi connectivity index (χ2n) is 3.00. The molecule has 0 radical (unpaired) electrons. The maximum atomic E-state index is 11.6. The summed E-state index contributed by atoms with van der Waals surface area (Å²) in [6.45, 7) is 0. The molecule has 0 aliphatic rings. The van der Waals surface area contributed by atoms with E-state index in [-0.39, 0.29) is 17.4 Å². The van der Waals surface area contributed by atoms with Gasteiger partial charge >= 0.3 is 0 Å². The Hall–Kier alpha value is -2.50. The van der Waals surface area contributed by atoms with Crippen molar-refractivity contribution in [2.75, 3.05) is 11.1 Å². The standard InChI is InChI=1S/C10H9N5O/c11-8-6-13-7(5-14-8)10(16)15-9-3-1-2-4-12-9/h1-6H,(H2,11,14)(H,12,15,16). The van der Waals surface area contributed by atoms with Gasteiger partial charge in [0.15, 0.2) is 0 Å². The number of nitrogens with one attached hydrogen (secondary N) is 1. The van der Waals surface area contributed by atoms with E-state index in [4.69, 9.17) is 5.73 Å². The average molecular weight is 215 g/mol. The van der Waals surface area contributed by atoms with Crippen LogP contribution in [0.1, 0.15) is 10.5 Å². The molecule has 0 atom stereocenters. The fraction of sp³-hybridized carbons (Fsp3) is 0. The number of nitrogens with zero attached hydrogens (tertiary/aromatic N) is 3. The Balaban J connectivity index is 2.12. The summed E-state index contributed by atoms with van der Waals surface area (Å²) in [5, 5.41) is 2.58. The Morgan fingerprint density at radius 1 is 1.19 bits per heavy atom. The molecule has 0 fully saturated rings. The van der Waals surface area contributed by atoms with Crippen LogP contribution in [0.2, 0.25) is 0 Å². The van der Waals surface area contributed by atoms with E-state index in [1.54, 1.807) is 24.4 Å². The molecule has 0 spiro atoms. The summed E-state index contributed by atoms with van der Waals surface area (Å²) in [5.74, 6) is 0.367. The van der Waals surface area contributed by atoms with Crippen LogP contribution in [0.25, 0.3) is 0 Å². The molecule has 3 N–H and O–H groups in total. The highest BCUT2D eigenvalue weighted by Gasteiger charge is 2.07. The highest BCUT2D eigenvalue weighted by Crippen LogP contribution is 2.03. The van der Waals surface area contributed by atoms with Gasteiger partial charge in [-0.2, -0.15) is 0 Å². The molecule has 0 unspecified atom stereocenters. The van der Waals surface area contributed by atoms with E-state index in [1.165, 1.54) is 12.4 Å². The molecular formula is C10H9N5O. The summed E-state index contributed by atoms with van der Waals surface area (Å²) in [7, 11) is 0. The van der Waals surface area contributed by atoms with Gasteiger partial charge in [0.2, 0.25) is 0 Å². The molecule has 2 aromatic rings. The molecular weight excluding hydrogens is 206 g/mol. The van der Waals surface area contributed by atoms with E-state index in [2.05, 4.69) is 20.3 Å². The van der Waals surface area contributed by atoms with Gasteiger partial charge in [0, 0.05) is 6.20 Å². The van der Waals surface area contributed by atoms with Gasteiger partial charge in [-0.05, 0) is 12.1 Å². The molecule has 0 aliphatic carbocycles. The number of anilines is 2. The van der Waals surface area contributed by atoms with Gasteiger partial charge in [-0.1, -0.05) is 6.07 Å². The third-order valence-electron chi connectivity index (χ3n) is 1.81. The van der Waals surface area contributed by atoms with Crippen LogP contribution < -0.4 is 11.1 Å². The number of pyridine rings is 1. The summed E-state index contributed by atoms with van der Waals surface area (Å²) in [6.07, 6.45) is 4.23. The number of carbonyl (C=O) groups excluding carboxylic acids is 1. The van der Waals surface area contributed by atoms with E-state index in [0.29, 0.717) is 5.82 Å². The minimum absolute atomic E-state index is 0.194. The first-order valence-electron chi connectivity index (χ1n) is 4.55. The fourth-order valence-electron chi connectivity index (χ4n) is 1.07. The number of hydrogen-bond donors (Lipinski definition) is 2. The Bertz CT molecular complexity index is 482. The van der Waals surface area contributed by atoms with Crippen LogP contribution in [0, 0.1) is 0 Å². The van der Waals surface area contributed by atoms with Gasteiger partial charge in [0.1, 0.15) is 17.3 Å². The zero-order valence-corrected chi connectivity index (χ0v) is 8.29. The first kappa shape index (κ1) is 10.0. The van der Waals surface area contributed by atoms with Gasteiger partial charge in [-0.15, -0.1) is 0 Å². The normalized spacial score (nSPS) is 9.75. The summed E-state index contributed by atoms with van der Waals surface area (Å²) in [5.41, 5.74) is 5.56. The summed E-state index contributed by atoms with van der Waals surface area (Å²) in [4.78, 5) is 23.2. The van der Waals surface area contributed by atoms with Gasteiger partial charge in [-0.25, -0.2) is 15.0 Å². The smallest absolute Gasteiger partial charge is 0.277 e. The predicted octanol–water partition coefficient (Wildman–Crippen LogP) is 0.706. The lowest BCUT2D eigenvalue weighted by Crippen LogP contribution is -2.15. The Labute approximate surface area is 91.6 Å². The molecule has 80 valence electrons. The van der Waals surface area contributed by atoms with E-state index in [0.717, 1.165) is 0 Å². The van der Waals surface area contributed by atoms with E-state index in [1.807, 2.05) is 0 Å². The molecule has 0 bridgehead atoms. The lowest BCUT2D eigenvalue weighted by molar-refractivity contribution is 0.102. The molecule has 0 aliphatic heterocycles. The first-order valence-corrected chi connectivity index (χ1v) is 4.55. The van der Waals surface area contributed by atoms with Crippen molar-refractivity contribution in [2.45, 2.75) is 0 Å². The second-order valence-corrected chi connectivity index (χ2v) is 3.00. The second kappa shape index (κ2) is 4.35. The third kappa shape index (κ3) is 2.30. The molecule has 16 heavy (non-hydrogen) atoms. The Morgan fingerprint density at radius 2 is 2.06 bits per heavy atom. The van der Waals surface area contributed by atoms with Crippen molar-refractivity contribution in [2.24, 2.45) is 0 Å². The average Bonchev–Trinajstić information content (AvgIpc) is 2.31. The maximum Gasteiger partial charge on any atom is 0.277 e. The number of nitrogens with two attached hydrogens (primary N) is 1. The molecule has 0 aromatic carbocycles. The van der Waals surface area contributed by atoms with Crippen LogP contribution in [0.5, 0.6) is 0 Å². The minimum Gasteiger partial charge on any atom is -0.382 e. The van der Waals surface area contributed by atoms with Crippen LogP contribution in [-0.2, 0) is 0 Å². The number of hydrogen-bond acceptors (Lipinski definition) is 5. The fourth-order valence-corrected chi connectivity index (χ4v) is 1.07. The SMILES string of the molecule is Nc1cnc(C(=O)Nc2ccccn2)cn1.